The fourth-order valence-corrected chi connectivity index (χ4v) is 4.73. The van der Waals surface area contributed by atoms with Crippen LogP contribution in [0.3, 0.4) is 0 Å². The average molecular weight is 384 g/mol. The van der Waals surface area contributed by atoms with Gasteiger partial charge in [-0.1, -0.05) is 56.3 Å². The second-order valence-corrected chi connectivity index (χ2v) is 8.11. The molecule has 0 radical (unpaired) electrons. The summed E-state index contributed by atoms with van der Waals surface area (Å²) in [4.78, 5) is 14.8. The Balaban J connectivity index is 2.00. The van der Waals surface area contributed by atoms with Gasteiger partial charge in [-0.05, 0) is 62.2 Å². The van der Waals surface area contributed by atoms with Crippen LogP contribution in [0.5, 0.6) is 0 Å². The highest BCUT2D eigenvalue weighted by atomic mass is 16.5. The second kappa shape index (κ2) is 9.06. The van der Waals surface area contributed by atoms with Crippen LogP contribution in [0.15, 0.2) is 42.5 Å². The molecule has 1 saturated heterocycles. The van der Waals surface area contributed by atoms with Gasteiger partial charge in [0.05, 0.1) is 11.5 Å². The molecule has 4 nitrogen and oxygen atoms in total. The predicted molar refractivity (Wildman–Crippen MR) is 114 cm³/mol. The fourth-order valence-electron chi connectivity index (χ4n) is 4.73. The minimum atomic E-state index is -0.748. The Morgan fingerprint density at radius 3 is 2.50 bits per heavy atom. The zero-order valence-electron chi connectivity index (χ0n) is 17.4. The van der Waals surface area contributed by atoms with Gasteiger partial charge in [0.15, 0.2) is 0 Å². The molecule has 152 valence electrons. The molecule has 1 aliphatic rings. The van der Waals surface area contributed by atoms with E-state index in [1.807, 2.05) is 19.1 Å². The maximum atomic E-state index is 12.5. The minimum Gasteiger partial charge on any atom is -0.481 e. The summed E-state index contributed by atoms with van der Waals surface area (Å²) in [5.74, 6) is -1.38. The highest BCUT2D eigenvalue weighted by Gasteiger charge is 2.47. The van der Waals surface area contributed by atoms with Crippen molar-refractivity contribution in [2.45, 2.75) is 51.6 Å². The molecule has 0 saturated carbocycles. The van der Waals surface area contributed by atoms with E-state index in [0.29, 0.717) is 6.61 Å². The van der Waals surface area contributed by atoms with Gasteiger partial charge in [-0.3, -0.25) is 4.79 Å². The topological polar surface area (TPSA) is 49.8 Å². The Bertz CT molecular complexity index is 793. The number of rotatable bonds is 9. The predicted octanol–water partition coefficient (Wildman–Crippen LogP) is 4.93. The summed E-state index contributed by atoms with van der Waals surface area (Å²) in [6.07, 6.45) is 2.55. The van der Waals surface area contributed by atoms with Gasteiger partial charge in [-0.2, -0.15) is 0 Å². The maximum Gasteiger partial charge on any atom is 0.310 e. The molecule has 1 N–H and O–H groups in total. The summed E-state index contributed by atoms with van der Waals surface area (Å²) in [7, 11) is 0. The van der Waals surface area contributed by atoms with E-state index in [-0.39, 0.29) is 5.92 Å². The SMILES string of the molecule is CCN(CC)CCC(c1ccc2ccccc2c1)C(C(=O)O)C1(C)CCCO1. The van der Waals surface area contributed by atoms with Gasteiger partial charge in [0.2, 0.25) is 0 Å². The Labute approximate surface area is 168 Å². The Morgan fingerprint density at radius 2 is 1.89 bits per heavy atom. The van der Waals surface area contributed by atoms with E-state index in [4.69, 9.17) is 4.74 Å². The van der Waals surface area contributed by atoms with E-state index >= 15 is 0 Å². The number of carboxylic acids is 1. The largest absolute Gasteiger partial charge is 0.481 e. The van der Waals surface area contributed by atoms with E-state index < -0.39 is 17.5 Å². The van der Waals surface area contributed by atoms with Crippen molar-refractivity contribution in [2.75, 3.05) is 26.2 Å². The van der Waals surface area contributed by atoms with Crippen molar-refractivity contribution in [3.05, 3.63) is 48.0 Å². The summed E-state index contributed by atoms with van der Waals surface area (Å²) >= 11 is 0. The van der Waals surface area contributed by atoms with Crippen LogP contribution < -0.4 is 0 Å². The first-order valence-corrected chi connectivity index (χ1v) is 10.6. The quantitative estimate of drug-likeness (QED) is 0.667. The smallest absolute Gasteiger partial charge is 0.310 e. The molecule has 28 heavy (non-hydrogen) atoms. The normalized spacial score (nSPS) is 21.9. The molecular formula is C24H33NO3. The van der Waals surface area contributed by atoms with Gasteiger partial charge >= 0.3 is 5.97 Å². The molecule has 2 aromatic carbocycles. The summed E-state index contributed by atoms with van der Waals surface area (Å²) in [5.41, 5.74) is 0.501. The Morgan fingerprint density at radius 1 is 1.18 bits per heavy atom. The number of hydrogen-bond acceptors (Lipinski definition) is 3. The minimum absolute atomic E-state index is 0.0780. The highest BCUT2D eigenvalue weighted by Crippen LogP contribution is 2.43. The van der Waals surface area contributed by atoms with Gasteiger partial charge in [0, 0.05) is 12.5 Å². The van der Waals surface area contributed by atoms with Crippen molar-refractivity contribution < 1.29 is 14.6 Å². The fraction of sp³-hybridized carbons (Fsp3) is 0.542. The molecule has 2 aromatic rings. The number of ether oxygens (including phenoxy) is 1. The van der Waals surface area contributed by atoms with Crippen LogP contribution in [-0.2, 0) is 9.53 Å². The lowest BCUT2D eigenvalue weighted by atomic mass is 9.73. The summed E-state index contributed by atoms with van der Waals surface area (Å²) in [5, 5.41) is 12.6. The molecular weight excluding hydrogens is 350 g/mol. The number of fused-ring (bicyclic) bond motifs is 1. The molecule has 1 heterocycles. The number of carboxylic acid groups (broad SMARTS) is 1. The van der Waals surface area contributed by atoms with E-state index in [0.717, 1.165) is 49.8 Å². The number of aliphatic carboxylic acids is 1. The van der Waals surface area contributed by atoms with E-state index in [1.54, 1.807) is 0 Å². The van der Waals surface area contributed by atoms with Crippen molar-refractivity contribution >= 4 is 16.7 Å². The molecule has 4 heteroatoms. The third-order valence-electron chi connectivity index (χ3n) is 6.43. The van der Waals surface area contributed by atoms with Crippen LogP contribution in [0.25, 0.3) is 10.8 Å². The lowest BCUT2D eigenvalue weighted by molar-refractivity contribution is -0.154. The standard InChI is InChI=1S/C24H33NO3/c1-4-25(5-2)15-13-21(22(23(26)27)24(3)14-8-16-28-24)20-12-11-18-9-6-7-10-19(18)17-20/h6-7,9-12,17,21-22H,4-5,8,13-16H2,1-3H3,(H,26,27). The van der Waals surface area contributed by atoms with Crippen molar-refractivity contribution in [1.29, 1.82) is 0 Å². The van der Waals surface area contributed by atoms with E-state index in [2.05, 4.69) is 49.1 Å². The third-order valence-corrected chi connectivity index (χ3v) is 6.43. The zero-order chi connectivity index (χ0) is 20.1. The first-order chi connectivity index (χ1) is 13.5. The van der Waals surface area contributed by atoms with Gasteiger partial charge < -0.3 is 14.7 Å². The summed E-state index contributed by atoms with van der Waals surface area (Å²) < 4.78 is 6.02. The molecule has 0 bridgehead atoms. The monoisotopic (exact) mass is 383 g/mol. The van der Waals surface area contributed by atoms with Crippen LogP contribution in [0, 0.1) is 5.92 Å². The van der Waals surface area contributed by atoms with Gasteiger partial charge in [-0.25, -0.2) is 0 Å². The lowest BCUT2D eigenvalue weighted by Gasteiger charge is -2.37. The van der Waals surface area contributed by atoms with Crippen LogP contribution in [0.2, 0.25) is 0 Å². The van der Waals surface area contributed by atoms with E-state index in [1.165, 1.54) is 5.39 Å². The van der Waals surface area contributed by atoms with Gasteiger partial charge in [0.1, 0.15) is 0 Å². The molecule has 0 aliphatic carbocycles. The van der Waals surface area contributed by atoms with Crippen molar-refractivity contribution in [1.82, 2.24) is 4.90 Å². The summed E-state index contributed by atoms with van der Waals surface area (Å²) in [6, 6.07) is 14.7. The van der Waals surface area contributed by atoms with Crippen molar-refractivity contribution in [2.24, 2.45) is 5.92 Å². The van der Waals surface area contributed by atoms with Crippen molar-refractivity contribution in [3.63, 3.8) is 0 Å². The maximum absolute atomic E-state index is 12.5. The molecule has 1 aliphatic heterocycles. The molecule has 3 unspecified atom stereocenters. The average Bonchev–Trinajstić information content (AvgIpc) is 3.14. The van der Waals surface area contributed by atoms with Crippen LogP contribution in [0.4, 0.5) is 0 Å². The van der Waals surface area contributed by atoms with Crippen LogP contribution in [0.1, 0.15) is 51.5 Å². The lowest BCUT2D eigenvalue weighted by Crippen LogP contribution is -2.43. The van der Waals surface area contributed by atoms with E-state index in [9.17, 15) is 9.90 Å². The summed E-state index contributed by atoms with van der Waals surface area (Å²) in [6.45, 7) is 9.81. The second-order valence-electron chi connectivity index (χ2n) is 8.11. The van der Waals surface area contributed by atoms with Gasteiger partial charge in [0.25, 0.3) is 0 Å². The number of nitrogens with zero attached hydrogens (tertiary/aromatic N) is 1. The first kappa shape index (κ1) is 20.8. The van der Waals surface area contributed by atoms with Gasteiger partial charge in [-0.15, -0.1) is 0 Å². The number of hydrogen-bond donors (Lipinski definition) is 1. The molecule has 0 spiro atoms. The molecule has 1 fully saturated rings. The van der Waals surface area contributed by atoms with Crippen molar-refractivity contribution in [3.8, 4) is 0 Å². The third kappa shape index (κ3) is 4.39. The van der Waals surface area contributed by atoms with Crippen LogP contribution >= 0.6 is 0 Å². The van der Waals surface area contributed by atoms with Crippen LogP contribution in [-0.4, -0.2) is 47.8 Å². The number of benzene rings is 2. The Kier molecular flexibility index (Phi) is 6.73. The highest BCUT2D eigenvalue weighted by molar-refractivity contribution is 5.83. The number of carbonyl (C=O) groups is 1. The molecule has 0 aromatic heterocycles. The first-order valence-electron chi connectivity index (χ1n) is 10.6. The molecule has 3 rings (SSSR count). The zero-order valence-corrected chi connectivity index (χ0v) is 17.4. The molecule has 0 amide bonds. The molecule has 3 atom stereocenters. The Hall–Kier alpha value is -1.91.